The zero-order valence-corrected chi connectivity index (χ0v) is 15.4. The van der Waals surface area contributed by atoms with Crippen LogP contribution in [0.1, 0.15) is 30.5 Å². The molecule has 146 valence electrons. The van der Waals surface area contributed by atoms with Gasteiger partial charge in [-0.3, -0.25) is 4.79 Å². The summed E-state index contributed by atoms with van der Waals surface area (Å²) in [5, 5.41) is 12.3. The van der Waals surface area contributed by atoms with Crippen molar-refractivity contribution in [1.82, 2.24) is 15.2 Å². The lowest BCUT2D eigenvalue weighted by atomic mass is 9.82. The maximum atomic E-state index is 12.6. The number of carboxylic acid groups (broad SMARTS) is 1. The van der Waals surface area contributed by atoms with Crippen molar-refractivity contribution in [3.63, 3.8) is 0 Å². The standard InChI is InChI=1S/C20H22N4O4/c1-2-15(13-6-4-3-5-7-13)23-20(28)24-17(19(26)27)14(18(24)25)10-12-8-9-22-16(21)11-12/h3-9,11,14-15,17H,2,10H2,1H3,(H2,21,22)(H,23,28)(H,26,27)/t14-,15?,17+/m1/s1. The Balaban J connectivity index is 1.73. The van der Waals surface area contributed by atoms with Crippen LogP contribution in [0.5, 0.6) is 0 Å². The number of nitrogen functional groups attached to an aromatic ring is 1. The topological polar surface area (TPSA) is 126 Å². The van der Waals surface area contributed by atoms with Crippen molar-refractivity contribution in [3.8, 4) is 0 Å². The van der Waals surface area contributed by atoms with Gasteiger partial charge in [0.2, 0.25) is 5.91 Å². The number of urea groups is 1. The summed E-state index contributed by atoms with van der Waals surface area (Å²) in [7, 11) is 0. The van der Waals surface area contributed by atoms with E-state index in [4.69, 9.17) is 5.73 Å². The number of carbonyl (C=O) groups is 3. The van der Waals surface area contributed by atoms with Crippen LogP contribution in [0.15, 0.2) is 48.7 Å². The minimum atomic E-state index is -1.21. The molecule has 0 spiro atoms. The summed E-state index contributed by atoms with van der Waals surface area (Å²) in [5.74, 6) is -2.25. The Morgan fingerprint density at radius 1 is 1.29 bits per heavy atom. The summed E-state index contributed by atoms with van der Waals surface area (Å²) in [5.41, 5.74) is 7.23. The van der Waals surface area contributed by atoms with Crippen LogP contribution in [0.4, 0.5) is 10.6 Å². The third-order valence-corrected chi connectivity index (χ3v) is 4.89. The van der Waals surface area contributed by atoms with Gasteiger partial charge in [-0.15, -0.1) is 0 Å². The number of aliphatic carboxylic acids is 1. The molecule has 3 amide bonds. The fourth-order valence-electron chi connectivity index (χ4n) is 3.46. The Kier molecular flexibility index (Phi) is 5.58. The molecule has 0 aliphatic carbocycles. The summed E-state index contributed by atoms with van der Waals surface area (Å²) in [4.78, 5) is 41.6. The highest BCUT2D eigenvalue weighted by Crippen LogP contribution is 2.31. The van der Waals surface area contributed by atoms with Gasteiger partial charge in [0.15, 0.2) is 6.04 Å². The second-order valence-electron chi connectivity index (χ2n) is 6.71. The first-order chi connectivity index (χ1) is 13.4. The molecule has 1 unspecified atom stereocenters. The lowest BCUT2D eigenvalue weighted by molar-refractivity contribution is -0.165. The monoisotopic (exact) mass is 382 g/mol. The van der Waals surface area contributed by atoms with E-state index in [1.54, 1.807) is 12.1 Å². The van der Waals surface area contributed by atoms with E-state index >= 15 is 0 Å². The predicted molar refractivity (Wildman–Crippen MR) is 102 cm³/mol. The minimum Gasteiger partial charge on any atom is -0.480 e. The molecule has 0 radical (unpaired) electrons. The highest BCUT2D eigenvalue weighted by atomic mass is 16.4. The molecule has 2 heterocycles. The summed E-state index contributed by atoms with van der Waals surface area (Å²) < 4.78 is 0. The van der Waals surface area contributed by atoms with E-state index in [9.17, 15) is 19.5 Å². The molecule has 1 aromatic carbocycles. The van der Waals surface area contributed by atoms with Gasteiger partial charge in [0.05, 0.1) is 12.0 Å². The maximum Gasteiger partial charge on any atom is 0.327 e. The van der Waals surface area contributed by atoms with Gasteiger partial charge >= 0.3 is 12.0 Å². The van der Waals surface area contributed by atoms with Gasteiger partial charge in [0.25, 0.3) is 0 Å². The minimum absolute atomic E-state index is 0.183. The SMILES string of the molecule is CCC(NC(=O)N1C(=O)[C@H](Cc2ccnc(N)c2)[C@H]1C(=O)O)c1ccccc1. The van der Waals surface area contributed by atoms with Crippen molar-refractivity contribution < 1.29 is 19.5 Å². The third kappa shape index (κ3) is 3.80. The largest absolute Gasteiger partial charge is 0.480 e. The molecule has 1 saturated heterocycles. The average Bonchev–Trinajstić information content (AvgIpc) is 2.68. The first-order valence-corrected chi connectivity index (χ1v) is 9.04. The van der Waals surface area contributed by atoms with Crippen molar-refractivity contribution >= 4 is 23.7 Å². The molecule has 4 N–H and O–H groups in total. The molecule has 1 aromatic heterocycles. The Morgan fingerprint density at radius 2 is 2.00 bits per heavy atom. The number of anilines is 1. The molecule has 1 aliphatic rings. The first kappa shape index (κ1) is 19.3. The fraction of sp³-hybridized carbons (Fsp3) is 0.300. The van der Waals surface area contributed by atoms with E-state index in [1.807, 2.05) is 37.3 Å². The zero-order valence-electron chi connectivity index (χ0n) is 15.4. The van der Waals surface area contributed by atoms with Crippen LogP contribution in [-0.4, -0.2) is 38.9 Å². The number of amides is 3. The van der Waals surface area contributed by atoms with Crippen LogP contribution in [0, 0.1) is 5.92 Å². The number of hydrogen-bond donors (Lipinski definition) is 3. The van der Waals surface area contributed by atoms with Gasteiger partial charge in [-0.2, -0.15) is 0 Å². The molecule has 0 saturated carbocycles. The van der Waals surface area contributed by atoms with E-state index in [0.29, 0.717) is 17.8 Å². The quantitative estimate of drug-likeness (QED) is 0.656. The summed E-state index contributed by atoms with van der Waals surface area (Å²) >= 11 is 0. The average molecular weight is 382 g/mol. The Morgan fingerprint density at radius 3 is 2.61 bits per heavy atom. The number of likely N-dealkylation sites (tertiary alicyclic amines) is 1. The summed E-state index contributed by atoms with van der Waals surface area (Å²) in [6, 6.07) is 10.4. The molecular weight excluding hydrogens is 360 g/mol. The second-order valence-corrected chi connectivity index (χ2v) is 6.71. The van der Waals surface area contributed by atoms with E-state index in [0.717, 1.165) is 10.5 Å². The highest BCUT2D eigenvalue weighted by Gasteiger charge is 2.54. The normalized spacial score (nSPS) is 19.6. The summed E-state index contributed by atoms with van der Waals surface area (Å²) in [6.07, 6.45) is 2.29. The smallest absolute Gasteiger partial charge is 0.327 e. The van der Waals surface area contributed by atoms with E-state index in [-0.39, 0.29) is 12.5 Å². The lowest BCUT2D eigenvalue weighted by Gasteiger charge is -2.43. The predicted octanol–water partition coefficient (Wildman–Crippen LogP) is 1.98. The number of carbonyl (C=O) groups excluding carboxylic acids is 2. The molecule has 8 heteroatoms. The number of nitrogens with one attached hydrogen (secondary N) is 1. The van der Waals surface area contributed by atoms with Crippen molar-refractivity contribution in [2.45, 2.75) is 31.8 Å². The number of nitrogens with zero attached hydrogens (tertiary/aromatic N) is 2. The van der Waals surface area contributed by atoms with Crippen molar-refractivity contribution in [1.29, 1.82) is 0 Å². The molecule has 8 nitrogen and oxygen atoms in total. The number of rotatable bonds is 6. The summed E-state index contributed by atoms with van der Waals surface area (Å²) in [6.45, 7) is 1.90. The number of pyridine rings is 1. The Hall–Kier alpha value is -3.42. The molecular formula is C20H22N4O4. The number of hydrogen-bond acceptors (Lipinski definition) is 5. The van der Waals surface area contributed by atoms with Crippen LogP contribution in [-0.2, 0) is 16.0 Å². The van der Waals surface area contributed by atoms with Crippen molar-refractivity contribution in [3.05, 3.63) is 59.8 Å². The second kappa shape index (κ2) is 8.08. The lowest BCUT2D eigenvalue weighted by Crippen LogP contribution is -2.68. The van der Waals surface area contributed by atoms with E-state index < -0.39 is 29.9 Å². The molecule has 28 heavy (non-hydrogen) atoms. The van der Waals surface area contributed by atoms with Crippen LogP contribution < -0.4 is 11.1 Å². The van der Waals surface area contributed by atoms with Crippen LogP contribution in [0.25, 0.3) is 0 Å². The highest BCUT2D eigenvalue weighted by molar-refractivity contribution is 6.07. The van der Waals surface area contributed by atoms with Gasteiger partial charge < -0.3 is 16.2 Å². The number of benzene rings is 1. The van der Waals surface area contributed by atoms with Crippen LogP contribution >= 0.6 is 0 Å². The van der Waals surface area contributed by atoms with Crippen molar-refractivity contribution in [2.24, 2.45) is 5.92 Å². The fourth-order valence-corrected chi connectivity index (χ4v) is 3.46. The van der Waals surface area contributed by atoms with Gasteiger partial charge in [0, 0.05) is 6.20 Å². The molecule has 1 fully saturated rings. The van der Waals surface area contributed by atoms with E-state index in [2.05, 4.69) is 10.3 Å². The van der Waals surface area contributed by atoms with Crippen LogP contribution in [0.2, 0.25) is 0 Å². The number of aromatic nitrogens is 1. The third-order valence-electron chi connectivity index (χ3n) is 4.89. The first-order valence-electron chi connectivity index (χ1n) is 9.04. The Labute approximate surface area is 162 Å². The number of nitrogens with two attached hydrogens (primary N) is 1. The van der Waals surface area contributed by atoms with Gasteiger partial charge in [-0.1, -0.05) is 37.3 Å². The van der Waals surface area contributed by atoms with Gasteiger partial charge in [-0.25, -0.2) is 19.5 Å². The van der Waals surface area contributed by atoms with E-state index in [1.165, 1.54) is 6.20 Å². The molecule has 0 bridgehead atoms. The van der Waals surface area contributed by atoms with Crippen molar-refractivity contribution in [2.75, 3.05) is 5.73 Å². The molecule has 2 aromatic rings. The van der Waals surface area contributed by atoms with Gasteiger partial charge in [-0.05, 0) is 36.1 Å². The number of β-lactam (4-membered cyclic amide) rings is 1. The zero-order chi connectivity index (χ0) is 20.3. The molecule has 1 aliphatic heterocycles. The molecule has 3 atom stereocenters. The number of imide groups is 1. The Bertz CT molecular complexity index is 887. The molecule has 3 rings (SSSR count). The van der Waals surface area contributed by atoms with Crippen LogP contribution in [0.3, 0.4) is 0 Å². The van der Waals surface area contributed by atoms with Gasteiger partial charge in [0.1, 0.15) is 5.82 Å². The number of carboxylic acids is 1. The maximum absolute atomic E-state index is 12.6.